The Morgan fingerprint density at radius 3 is 2.16 bits per heavy atom. The second-order valence-electron chi connectivity index (χ2n) is 5.05. The molecule has 0 aromatic heterocycles. The summed E-state index contributed by atoms with van der Waals surface area (Å²) in [7, 11) is 2.76. The van der Waals surface area contributed by atoms with Gasteiger partial charge in [-0.2, -0.15) is 0 Å². The van der Waals surface area contributed by atoms with Crippen LogP contribution < -0.4 is 30.6 Å². The number of nitrogens with two attached hydrogens (primary N) is 1. The van der Waals surface area contributed by atoms with Gasteiger partial charge < -0.3 is 30.6 Å². The third-order valence-corrected chi connectivity index (χ3v) is 3.17. The van der Waals surface area contributed by atoms with Gasteiger partial charge >= 0.3 is 0 Å². The fourth-order valence-corrected chi connectivity index (χ4v) is 1.97. The zero-order valence-corrected chi connectivity index (χ0v) is 14.7. The van der Waals surface area contributed by atoms with E-state index in [0.717, 1.165) is 0 Å². The third-order valence-electron chi connectivity index (χ3n) is 3.17. The fraction of sp³-hybridized carbons (Fsp3) is 0.438. The number of ether oxygens (including phenoxy) is 3. The van der Waals surface area contributed by atoms with E-state index < -0.39 is 17.9 Å². The highest BCUT2D eigenvalue weighted by molar-refractivity contribution is 5.98. The Balaban J connectivity index is 3.06. The first-order valence-electron chi connectivity index (χ1n) is 7.59. The SMILES string of the molecule is CCNC(=O)C(C)NC(=O)c1cc(OC)c(OCC(N)=O)c(OC)c1. The summed E-state index contributed by atoms with van der Waals surface area (Å²) in [6, 6.07) is 2.12. The highest BCUT2D eigenvalue weighted by Gasteiger charge is 2.21. The first kappa shape index (κ1) is 20.1. The van der Waals surface area contributed by atoms with Crippen molar-refractivity contribution in [2.24, 2.45) is 5.73 Å². The van der Waals surface area contributed by atoms with Crippen LogP contribution in [0.4, 0.5) is 0 Å². The number of rotatable bonds is 9. The van der Waals surface area contributed by atoms with E-state index in [-0.39, 0.29) is 35.3 Å². The van der Waals surface area contributed by atoms with Gasteiger partial charge in [0.1, 0.15) is 6.04 Å². The molecular weight excluding hydrogens is 330 g/mol. The van der Waals surface area contributed by atoms with Crippen LogP contribution in [0.2, 0.25) is 0 Å². The highest BCUT2D eigenvalue weighted by atomic mass is 16.5. The van der Waals surface area contributed by atoms with E-state index >= 15 is 0 Å². The lowest BCUT2D eigenvalue weighted by atomic mass is 10.1. The lowest BCUT2D eigenvalue weighted by Gasteiger charge is -2.17. The molecule has 3 amide bonds. The summed E-state index contributed by atoms with van der Waals surface area (Å²) in [6.07, 6.45) is 0. The Bertz CT molecular complexity index is 622. The van der Waals surface area contributed by atoms with Gasteiger partial charge in [-0.1, -0.05) is 0 Å². The average Bonchev–Trinajstić information content (AvgIpc) is 2.58. The summed E-state index contributed by atoms with van der Waals surface area (Å²) >= 11 is 0. The van der Waals surface area contributed by atoms with Crippen LogP contribution in [0, 0.1) is 0 Å². The Morgan fingerprint density at radius 1 is 1.16 bits per heavy atom. The Kier molecular flexibility index (Phi) is 7.51. The second kappa shape index (κ2) is 9.36. The van der Waals surface area contributed by atoms with Gasteiger partial charge in [-0.15, -0.1) is 0 Å². The molecule has 0 bridgehead atoms. The largest absolute Gasteiger partial charge is 0.493 e. The van der Waals surface area contributed by atoms with Gasteiger partial charge in [-0.3, -0.25) is 14.4 Å². The van der Waals surface area contributed by atoms with Crippen molar-refractivity contribution in [1.82, 2.24) is 10.6 Å². The molecule has 9 nitrogen and oxygen atoms in total. The smallest absolute Gasteiger partial charge is 0.255 e. The molecule has 0 aliphatic rings. The van der Waals surface area contributed by atoms with Crippen LogP contribution in [0.1, 0.15) is 24.2 Å². The van der Waals surface area contributed by atoms with Gasteiger partial charge in [0.2, 0.25) is 11.7 Å². The quantitative estimate of drug-likeness (QED) is 0.565. The summed E-state index contributed by atoms with van der Waals surface area (Å²) in [6.45, 7) is 3.45. The predicted molar refractivity (Wildman–Crippen MR) is 89.8 cm³/mol. The molecule has 0 heterocycles. The Labute approximate surface area is 145 Å². The number of benzene rings is 1. The Hall–Kier alpha value is -2.97. The second-order valence-corrected chi connectivity index (χ2v) is 5.05. The molecule has 0 aliphatic heterocycles. The summed E-state index contributed by atoms with van der Waals surface area (Å²) in [5.74, 6) is -0.917. The number of carbonyl (C=O) groups excluding carboxylic acids is 3. The molecule has 138 valence electrons. The topological polar surface area (TPSA) is 129 Å². The van der Waals surface area contributed by atoms with Gasteiger partial charge in [0.25, 0.3) is 11.8 Å². The number of nitrogens with one attached hydrogen (secondary N) is 2. The first-order chi connectivity index (χ1) is 11.8. The van der Waals surface area contributed by atoms with Crippen LogP contribution in [-0.2, 0) is 9.59 Å². The van der Waals surface area contributed by atoms with E-state index in [2.05, 4.69) is 10.6 Å². The van der Waals surface area contributed by atoms with Crippen molar-refractivity contribution in [2.45, 2.75) is 19.9 Å². The number of carbonyl (C=O) groups is 3. The van der Waals surface area contributed by atoms with Gasteiger partial charge in [0.15, 0.2) is 18.1 Å². The van der Waals surface area contributed by atoms with E-state index in [0.29, 0.717) is 6.54 Å². The van der Waals surface area contributed by atoms with Crippen molar-refractivity contribution in [1.29, 1.82) is 0 Å². The molecule has 1 unspecified atom stereocenters. The van der Waals surface area contributed by atoms with Crippen molar-refractivity contribution < 1.29 is 28.6 Å². The van der Waals surface area contributed by atoms with Crippen molar-refractivity contribution in [3.63, 3.8) is 0 Å². The molecule has 0 aliphatic carbocycles. The van der Waals surface area contributed by atoms with E-state index in [1.807, 2.05) is 0 Å². The number of methoxy groups -OCH3 is 2. The molecular formula is C16H23N3O6. The van der Waals surface area contributed by atoms with E-state index in [9.17, 15) is 14.4 Å². The normalized spacial score (nSPS) is 11.2. The van der Waals surface area contributed by atoms with Gasteiger partial charge in [-0.05, 0) is 26.0 Å². The molecule has 9 heteroatoms. The lowest BCUT2D eigenvalue weighted by molar-refractivity contribution is -0.122. The molecule has 25 heavy (non-hydrogen) atoms. The maximum atomic E-state index is 12.4. The molecule has 1 atom stereocenters. The van der Waals surface area contributed by atoms with Crippen LogP contribution >= 0.6 is 0 Å². The monoisotopic (exact) mass is 353 g/mol. The van der Waals surface area contributed by atoms with Crippen LogP contribution in [0.3, 0.4) is 0 Å². The van der Waals surface area contributed by atoms with Crippen LogP contribution in [-0.4, -0.2) is 51.1 Å². The molecule has 0 saturated heterocycles. The maximum absolute atomic E-state index is 12.4. The maximum Gasteiger partial charge on any atom is 0.255 e. The molecule has 0 saturated carbocycles. The molecule has 0 spiro atoms. The van der Waals surface area contributed by atoms with Crippen molar-refractivity contribution in [3.05, 3.63) is 17.7 Å². The minimum Gasteiger partial charge on any atom is -0.493 e. The first-order valence-corrected chi connectivity index (χ1v) is 7.59. The minimum absolute atomic E-state index is 0.150. The fourth-order valence-electron chi connectivity index (χ4n) is 1.97. The number of hydrogen-bond acceptors (Lipinski definition) is 6. The van der Waals surface area contributed by atoms with E-state index in [1.165, 1.54) is 26.4 Å². The van der Waals surface area contributed by atoms with Crippen molar-refractivity contribution in [3.8, 4) is 17.2 Å². The predicted octanol–water partition coefficient (Wildman–Crippen LogP) is -0.178. The van der Waals surface area contributed by atoms with Gasteiger partial charge in [-0.25, -0.2) is 0 Å². The van der Waals surface area contributed by atoms with E-state index in [4.69, 9.17) is 19.9 Å². The standard InChI is InChI=1S/C16H23N3O6/c1-5-18-15(21)9(2)19-16(22)10-6-11(23-3)14(12(7-10)24-4)25-8-13(17)20/h6-7,9H,5,8H2,1-4H3,(H2,17,20)(H,18,21)(H,19,22). The third kappa shape index (κ3) is 5.55. The zero-order valence-electron chi connectivity index (χ0n) is 14.7. The number of amides is 3. The molecule has 0 fully saturated rings. The van der Waals surface area contributed by atoms with Crippen LogP contribution in [0.15, 0.2) is 12.1 Å². The highest BCUT2D eigenvalue weighted by Crippen LogP contribution is 2.38. The molecule has 1 aromatic rings. The number of hydrogen-bond donors (Lipinski definition) is 3. The van der Waals surface area contributed by atoms with Crippen molar-refractivity contribution >= 4 is 17.7 Å². The number of primary amides is 1. The van der Waals surface area contributed by atoms with Gasteiger partial charge in [0, 0.05) is 12.1 Å². The lowest BCUT2D eigenvalue weighted by Crippen LogP contribution is -2.44. The average molecular weight is 353 g/mol. The molecule has 0 radical (unpaired) electrons. The minimum atomic E-state index is -0.713. The van der Waals surface area contributed by atoms with Gasteiger partial charge in [0.05, 0.1) is 14.2 Å². The van der Waals surface area contributed by atoms with Crippen LogP contribution in [0.25, 0.3) is 0 Å². The number of likely N-dealkylation sites (N-methyl/N-ethyl adjacent to an activating group) is 1. The summed E-state index contributed by atoms with van der Waals surface area (Å²) in [4.78, 5) is 35.0. The summed E-state index contributed by atoms with van der Waals surface area (Å²) < 4.78 is 15.6. The Morgan fingerprint density at radius 2 is 1.72 bits per heavy atom. The van der Waals surface area contributed by atoms with E-state index in [1.54, 1.807) is 13.8 Å². The molecule has 1 aromatic carbocycles. The zero-order chi connectivity index (χ0) is 19.0. The molecule has 4 N–H and O–H groups in total. The summed E-state index contributed by atoms with van der Waals surface area (Å²) in [5.41, 5.74) is 5.27. The van der Waals surface area contributed by atoms with Crippen LogP contribution in [0.5, 0.6) is 17.2 Å². The molecule has 1 rings (SSSR count). The van der Waals surface area contributed by atoms with Crippen molar-refractivity contribution in [2.75, 3.05) is 27.4 Å². The summed E-state index contributed by atoms with van der Waals surface area (Å²) in [5, 5.41) is 5.19.